The molecule has 1 aromatic heterocycles. The highest BCUT2D eigenvalue weighted by molar-refractivity contribution is 7.14. The molecule has 0 saturated heterocycles. The molecule has 1 aliphatic rings. The van der Waals surface area contributed by atoms with Gasteiger partial charge in [0.15, 0.2) is 5.78 Å². The Labute approximate surface area is 145 Å². The fraction of sp³-hybridized carbons (Fsp3) is 0.368. The van der Waals surface area contributed by atoms with E-state index in [1.54, 1.807) is 0 Å². The number of ether oxygens (including phenoxy) is 1. The van der Waals surface area contributed by atoms with Gasteiger partial charge in [0.25, 0.3) is 0 Å². The van der Waals surface area contributed by atoms with Crippen LogP contribution in [-0.4, -0.2) is 24.8 Å². The van der Waals surface area contributed by atoms with E-state index < -0.39 is 0 Å². The number of thiophene rings is 1. The highest BCUT2D eigenvalue weighted by Crippen LogP contribution is 2.26. The smallest absolute Gasteiger partial charge is 0.220 e. The summed E-state index contributed by atoms with van der Waals surface area (Å²) in [7, 11) is 0. The van der Waals surface area contributed by atoms with E-state index in [0.29, 0.717) is 13.2 Å². The van der Waals surface area contributed by atoms with Gasteiger partial charge in [0.2, 0.25) is 5.91 Å². The summed E-state index contributed by atoms with van der Waals surface area (Å²) < 4.78 is 5.72. The highest BCUT2D eigenvalue weighted by Gasteiger charge is 2.20. The summed E-state index contributed by atoms with van der Waals surface area (Å²) in [4.78, 5) is 25.8. The first-order valence-electron chi connectivity index (χ1n) is 8.19. The van der Waals surface area contributed by atoms with Crippen molar-refractivity contribution in [3.63, 3.8) is 0 Å². The molecule has 1 aromatic carbocycles. The maximum absolute atomic E-state index is 12.0. The molecule has 3 rings (SSSR count). The molecule has 0 radical (unpaired) electrons. The van der Waals surface area contributed by atoms with Crippen LogP contribution in [-0.2, 0) is 11.2 Å². The minimum absolute atomic E-state index is 0.0400. The minimum Gasteiger partial charge on any atom is -0.493 e. The van der Waals surface area contributed by atoms with Gasteiger partial charge in [-0.25, -0.2) is 0 Å². The van der Waals surface area contributed by atoms with Crippen molar-refractivity contribution in [1.82, 2.24) is 5.32 Å². The minimum atomic E-state index is -0.0736. The van der Waals surface area contributed by atoms with Gasteiger partial charge in [-0.3, -0.25) is 9.59 Å². The number of fused-ring (bicyclic) bond motifs is 1. The van der Waals surface area contributed by atoms with Crippen molar-refractivity contribution in [2.45, 2.75) is 26.2 Å². The fourth-order valence-electron chi connectivity index (χ4n) is 2.80. The van der Waals surface area contributed by atoms with Crippen LogP contribution in [0.5, 0.6) is 5.75 Å². The van der Waals surface area contributed by atoms with Crippen LogP contribution in [0.4, 0.5) is 0 Å². The van der Waals surface area contributed by atoms with Crippen LogP contribution in [0.2, 0.25) is 0 Å². The number of amides is 1. The van der Waals surface area contributed by atoms with Crippen LogP contribution in [0.15, 0.2) is 36.4 Å². The molecule has 126 valence electrons. The third-order valence-corrected chi connectivity index (χ3v) is 5.18. The van der Waals surface area contributed by atoms with Gasteiger partial charge in [0, 0.05) is 30.2 Å². The number of benzene rings is 1. The molecule has 0 saturated carbocycles. The Morgan fingerprint density at radius 3 is 2.83 bits per heavy atom. The molecule has 0 bridgehead atoms. The molecule has 1 atom stereocenters. The average Bonchev–Trinajstić information content (AvgIpc) is 3.04. The zero-order valence-corrected chi connectivity index (χ0v) is 14.5. The van der Waals surface area contributed by atoms with Gasteiger partial charge in [-0.15, -0.1) is 11.3 Å². The summed E-state index contributed by atoms with van der Waals surface area (Å²) in [5.74, 6) is 1.19. The number of Topliss-reactive ketones (excluding diaryl/α,β-unsaturated/α-hetero) is 1. The average molecular weight is 343 g/mol. The number of ketones is 1. The Morgan fingerprint density at radius 2 is 2.04 bits per heavy atom. The second kappa shape index (κ2) is 7.62. The van der Waals surface area contributed by atoms with Crippen LogP contribution >= 0.6 is 11.3 Å². The lowest BCUT2D eigenvalue weighted by atomic mass is 9.97. The third kappa shape index (κ3) is 4.23. The van der Waals surface area contributed by atoms with E-state index in [4.69, 9.17) is 4.74 Å². The number of rotatable bonds is 6. The van der Waals surface area contributed by atoms with Crippen molar-refractivity contribution in [2.24, 2.45) is 5.92 Å². The molecule has 2 heterocycles. The highest BCUT2D eigenvalue weighted by atomic mass is 32.1. The van der Waals surface area contributed by atoms with Crippen molar-refractivity contribution in [3.05, 3.63) is 51.7 Å². The van der Waals surface area contributed by atoms with Crippen LogP contribution in [0.1, 0.15) is 33.0 Å². The molecule has 0 fully saturated rings. The monoisotopic (exact) mass is 343 g/mol. The normalized spacial score (nSPS) is 16.1. The summed E-state index contributed by atoms with van der Waals surface area (Å²) >= 11 is 1.48. The van der Waals surface area contributed by atoms with Gasteiger partial charge in [-0.05, 0) is 37.1 Å². The second-order valence-corrected chi connectivity index (χ2v) is 7.41. The number of para-hydroxylation sites is 1. The van der Waals surface area contributed by atoms with E-state index in [2.05, 4.69) is 11.4 Å². The summed E-state index contributed by atoms with van der Waals surface area (Å²) in [6, 6.07) is 11.8. The Kier molecular flexibility index (Phi) is 5.30. The van der Waals surface area contributed by atoms with Gasteiger partial charge < -0.3 is 10.1 Å². The molecule has 1 N–H and O–H groups in total. The molecule has 1 amide bonds. The van der Waals surface area contributed by atoms with Crippen LogP contribution in [0, 0.1) is 12.8 Å². The SMILES string of the molecule is Cc1ccc(C(=O)CCC(=O)NCC2COc3ccccc3C2)s1. The van der Waals surface area contributed by atoms with Crippen LogP contribution in [0.25, 0.3) is 0 Å². The van der Waals surface area contributed by atoms with Gasteiger partial charge >= 0.3 is 0 Å². The second-order valence-electron chi connectivity index (χ2n) is 6.13. The van der Waals surface area contributed by atoms with Gasteiger partial charge in [0.05, 0.1) is 11.5 Å². The predicted octanol–water partition coefficient (Wildman–Crippen LogP) is 3.39. The Balaban J connectivity index is 1.41. The number of hydrogen-bond donors (Lipinski definition) is 1. The van der Waals surface area contributed by atoms with Crippen molar-refractivity contribution in [3.8, 4) is 5.75 Å². The largest absolute Gasteiger partial charge is 0.493 e. The molecule has 0 aliphatic carbocycles. The predicted molar refractivity (Wildman–Crippen MR) is 94.8 cm³/mol. The number of aryl methyl sites for hydroxylation is 1. The molecule has 1 unspecified atom stereocenters. The van der Waals surface area contributed by atoms with E-state index >= 15 is 0 Å². The fourth-order valence-corrected chi connectivity index (χ4v) is 3.64. The lowest BCUT2D eigenvalue weighted by Gasteiger charge is -2.25. The first-order valence-corrected chi connectivity index (χ1v) is 9.00. The van der Waals surface area contributed by atoms with Gasteiger partial charge in [-0.1, -0.05) is 18.2 Å². The zero-order chi connectivity index (χ0) is 16.9. The molecular weight excluding hydrogens is 322 g/mol. The van der Waals surface area contributed by atoms with E-state index in [1.807, 2.05) is 37.3 Å². The summed E-state index contributed by atoms with van der Waals surface area (Å²) in [6.07, 6.45) is 1.40. The Bertz CT molecular complexity index is 738. The molecule has 2 aromatic rings. The molecule has 4 nitrogen and oxygen atoms in total. The van der Waals surface area contributed by atoms with Gasteiger partial charge in [0.1, 0.15) is 5.75 Å². The van der Waals surface area contributed by atoms with Crippen molar-refractivity contribution < 1.29 is 14.3 Å². The first kappa shape index (κ1) is 16.7. The maximum atomic E-state index is 12.0. The standard InChI is InChI=1S/C19H21NO3S/c1-13-6-8-18(24-13)16(21)7-9-19(22)20-11-14-10-15-4-2-3-5-17(15)23-12-14/h2-6,8,14H,7,9-12H2,1H3,(H,20,22). The van der Waals surface area contributed by atoms with E-state index in [0.717, 1.165) is 21.9 Å². The van der Waals surface area contributed by atoms with Gasteiger partial charge in [-0.2, -0.15) is 0 Å². The first-order chi connectivity index (χ1) is 11.6. The summed E-state index contributed by atoms with van der Waals surface area (Å²) in [5.41, 5.74) is 1.19. The lowest BCUT2D eigenvalue weighted by Crippen LogP contribution is -2.34. The Hall–Kier alpha value is -2.14. The van der Waals surface area contributed by atoms with E-state index in [9.17, 15) is 9.59 Å². The van der Waals surface area contributed by atoms with E-state index in [-0.39, 0.29) is 30.4 Å². The van der Waals surface area contributed by atoms with Crippen molar-refractivity contribution in [2.75, 3.05) is 13.2 Å². The van der Waals surface area contributed by atoms with Crippen molar-refractivity contribution >= 4 is 23.0 Å². The topological polar surface area (TPSA) is 55.4 Å². The lowest BCUT2D eigenvalue weighted by molar-refractivity contribution is -0.121. The number of hydrogen-bond acceptors (Lipinski definition) is 4. The molecule has 0 spiro atoms. The van der Waals surface area contributed by atoms with Crippen molar-refractivity contribution in [1.29, 1.82) is 0 Å². The van der Waals surface area contributed by atoms with Crippen LogP contribution in [0.3, 0.4) is 0 Å². The molecular formula is C19H21NO3S. The summed E-state index contributed by atoms with van der Waals surface area (Å²) in [6.45, 7) is 3.17. The molecule has 5 heteroatoms. The quantitative estimate of drug-likeness (QED) is 0.818. The number of carbonyl (C=O) groups is 2. The number of carbonyl (C=O) groups excluding carboxylic acids is 2. The molecule has 24 heavy (non-hydrogen) atoms. The van der Waals surface area contributed by atoms with E-state index in [1.165, 1.54) is 16.9 Å². The summed E-state index contributed by atoms with van der Waals surface area (Å²) in [5, 5.41) is 2.93. The van der Waals surface area contributed by atoms with Crippen LogP contribution < -0.4 is 10.1 Å². The molecule has 1 aliphatic heterocycles. The zero-order valence-electron chi connectivity index (χ0n) is 13.7. The third-order valence-electron chi connectivity index (χ3n) is 4.14. The Morgan fingerprint density at radius 1 is 1.21 bits per heavy atom. The maximum Gasteiger partial charge on any atom is 0.220 e. The number of nitrogens with one attached hydrogen (secondary N) is 1.